The van der Waals surface area contributed by atoms with Gasteiger partial charge < -0.3 is 0 Å². The number of hydrogen-bond donors (Lipinski definition) is 0. The second-order valence-corrected chi connectivity index (χ2v) is 5.30. The van der Waals surface area contributed by atoms with E-state index >= 15 is 0 Å². The van der Waals surface area contributed by atoms with Gasteiger partial charge in [-0.05, 0) is 43.4 Å². The summed E-state index contributed by atoms with van der Waals surface area (Å²) in [5.41, 5.74) is 0. The lowest BCUT2D eigenvalue weighted by atomic mass is 9.88. The van der Waals surface area contributed by atoms with Gasteiger partial charge in [0, 0.05) is 0 Å². The Hall–Kier alpha value is -0.260. The third-order valence-electron chi connectivity index (χ3n) is 2.78. The minimum absolute atomic E-state index is 0.852. The number of hydrogen-bond acceptors (Lipinski definition) is 0. The van der Waals surface area contributed by atoms with Crippen LogP contribution in [0.1, 0.15) is 59.8 Å². The van der Waals surface area contributed by atoms with E-state index in [0.29, 0.717) is 0 Å². The van der Waals surface area contributed by atoms with Crippen molar-refractivity contribution in [2.24, 2.45) is 17.8 Å². The number of allylic oxidation sites excluding steroid dienone is 1. The van der Waals surface area contributed by atoms with E-state index in [2.05, 4.69) is 34.3 Å². The minimum atomic E-state index is 0.852. The van der Waals surface area contributed by atoms with Gasteiger partial charge in [0.15, 0.2) is 0 Å². The molecule has 0 saturated carbocycles. The lowest BCUT2D eigenvalue weighted by Gasteiger charge is -2.18. The summed E-state index contributed by atoms with van der Waals surface area (Å²) in [6.07, 6.45) is 8.68. The summed E-state index contributed by atoms with van der Waals surface area (Å²) in [5, 5.41) is 0. The Kier molecular flexibility index (Phi) is 7.93. The van der Waals surface area contributed by atoms with Crippen LogP contribution in [0.15, 0.2) is 12.7 Å². The third-order valence-corrected chi connectivity index (χ3v) is 2.78. The zero-order valence-electron chi connectivity index (χ0n) is 10.6. The normalized spacial score (nSPS) is 15.5. The second-order valence-electron chi connectivity index (χ2n) is 5.30. The van der Waals surface area contributed by atoms with E-state index in [9.17, 15) is 0 Å². The summed E-state index contributed by atoms with van der Waals surface area (Å²) in [7, 11) is 0. The summed E-state index contributed by atoms with van der Waals surface area (Å²) >= 11 is 0. The van der Waals surface area contributed by atoms with Crippen LogP contribution < -0.4 is 0 Å². The smallest absolute Gasteiger partial charge is 0.0353 e. The summed E-state index contributed by atoms with van der Waals surface area (Å²) in [6.45, 7) is 13.2. The molecule has 0 rings (SSSR count). The largest absolute Gasteiger partial charge is 0.103 e. The molecule has 0 aliphatic rings. The van der Waals surface area contributed by atoms with E-state index in [-0.39, 0.29) is 0 Å². The van der Waals surface area contributed by atoms with Crippen LogP contribution in [0.25, 0.3) is 0 Å². The third kappa shape index (κ3) is 8.34. The Morgan fingerprint density at radius 1 is 1.00 bits per heavy atom. The van der Waals surface area contributed by atoms with Crippen molar-refractivity contribution in [3.63, 3.8) is 0 Å². The fourth-order valence-corrected chi connectivity index (χ4v) is 2.32. The molecule has 0 spiro atoms. The highest BCUT2D eigenvalue weighted by molar-refractivity contribution is 4.68. The molecule has 0 heterocycles. The molecule has 0 saturated heterocycles. The zero-order valence-corrected chi connectivity index (χ0v) is 10.6. The monoisotopic (exact) mass is 196 g/mol. The standard InChI is InChI=1S/C14H28/c1-6-7-8-9-13(4)11-14(5)10-12(2)3/h6,12-14H,1,7-11H2,2-5H3. The van der Waals surface area contributed by atoms with Gasteiger partial charge in [0.05, 0.1) is 0 Å². The van der Waals surface area contributed by atoms with Crippen molar-refractivity contribution in [3.8, 4) is 0 Å². The molecule has 0 nitrogen and oxygen atoms in total. The predicted molar refractivity (Wildman–Crippen MR) is 66.4 cm³/mol. The summed E-state index contributed by atoms with van der Waals surface area (Å²) in [4.78, 5) is 0. The van der Waals surface area contributed by atoms with E-state index < -0.39 is 0 Å². The predicted octanol–water partition coefficient (Wildman–Crippen LogP) is 5.05. The SMILES string of the molecule is C=CCCCC(C)CC(C)CC(C)C. The highest BCUT2D eigenvalue weighted by Crippen LogP contribution is 2.22. The molecule has 0 aromatic rings. The van der Waals surface area contributed by atoms with Gasteiger partial charge in [-0.3, -0.25) is 0 Å². The fourth-order valence-electron chi connectivity index (χ4n) is 2.32. The van der Waals surface area contributed by atoms with Gasteiger partial charge in [-0.1, -0.05) is 40.2 Å². The molecule has 0 heteroatoms. The molecule has 0 bridgehead atoms. The highest BCUT2D eigenvalue weighted by Gasteiger charge is 2.09. The van der Waals surface area contributed by atoms with Crippen molar-refractivity contribution in [1.82, 2.24) is 0 Å². The molecule has 0 fully saturated rings. The topological polar surface area (TPSA) is 0 Å². The lowest BCUT2D eigenvalue weighted by molar-refractivity contribution is 0.340. The summed E-state index contributed by atoms with van der Waals surface area (Å²) < 4.78 is 0. The molecule has 0 aliphatic heterocycles. The van der Waals surface area contributed by atoms with Crippen molar-refractivity contribution >= 4 is 0 Å². The molecule has 0 amide bonds. The first kappa shape index (κ1) is 13.7. The minimum Gasteiger partial charge on any atom is -0.103 e. The van der Waals surface area contributed by atoms with E-state index in [1.54, 1.807) is 0 Å². The average molecular weight is 196 g/mol. The Morgan fingerprint density at radius 2 is 1.64 bits per heavy atom. The van der Waals surface area contributed by atoms with Crippen LogP contribution in [-0.2, 0) is 0 Å². The number of rotatable bonds is 8. The van der Waals surface area contributed by atoms with Gasteiger partial charge >= 0.3 is 0 Å². The van der Waals surface area contributed by atoms with Crippen molar-refractivity contribution in [1.29, 1.82) is 0 Å². The molecule has 2 unspecified atom stereocenters. The van der Waals surface area contributed by atoms with Crippen LogP contribution in [0.2, 0.25) is 0 Å². The van der Waals surface area contributed by atoms with Gasteiger partial charge in [-0.25, -0.2) is 0 Å². The fraction of sp³-hybridized carbons (Fsp3) is 0.857. The molecule has 0 aromatic carbocycles. The molecular formula is C14H28. The zero-order chi connectivity index (χ0) is 11.0. The maximum absolute atomic E-state index is 3.76. The van der Waals surface area contributed by atoms with Gasteiger partial charge in [-0.15, -0.1) is 6.58 Å². The molecular weight excluding hydrogens is 168 g/mol. The van der Waals surface area contributed by atoms with Gasteiger partial charge in [-0.2, -0.15) is 0 Å². The van der Waals surface area contributed by atoms with Crippen molar-refractivity contribution in [2.75, 3.05) is 0 Å². The van der Waals surface area contributed by atoms with Gasteiger partial charge in [0.2, 0.25) is 0 Å². The Labute approximate surface area is 90.8 Å². The first-order valence-electron chi connectivity index (χ1n) is 6.17. The quantitative estimate of drug-likeness (QED) is 0.376. The maximum atomic E-state index is 3.76. The number of unbranched alkanes of at least 4 members (excludes halogenated alkanes) is 1. The Balaban J connectivity index is 3.49. The molecule has 0 aromatic heterocycles. The molecule has 0 radical (unpaired) electrons. The average Bonchev–Trinajstić information content (AvgIpc) is 2.02. The van der Waals surface area contributed by atoms with Crippen LogP contribution in [0.4, 0.5) is 0 Å². The molecule has 0 N–H and O–H groups in total. The van der Waals surface area contributed by atoms with Crippen LogP contribution >= 0.6 is 0 Å². The van der Waals surface area contributed by atoms with Crippen LogP contribution in [0.5, 0.6) is 0 Å². The molecule has 2 atom stereocenters. The van der Waals surface area contributed by atoms with Crippen LogP contribution in [0, 0.1) is 17.8 Å². The first-order chi connectivity index (χ1) is 6.56. The molecule has 14 heavy (non-hydrogen) atoms. The van der Waals surface area contributed by atoms with Gasteiger partial charge in [0.1, 0.15) is 0 Å². The summed E-state index contributed by atoms with van der Waals surface area (Å²) in [6, 6.07) is 0. The van der Waals surface area contributed by atoms with Gasteiger partial charge in [0.25, 0.3) is 0 Å². The van der Waals surface area contributed by atoms with Crippen molar-refractivity contribution < 1.29 is 0 Å². The maximum Gasteiger partial charge on any atom is -0.0353 e. The van der Waals surface area contributed by atoms with Crippen LogP contribution in [-0.4, -0.2) is 0 Å². The Bertz CT molecular complexity index is 135. The first-order valence-corrected chi connectivity index (χ1v) is 6.17. The van der Waals surface area contributed by atoms with E-state index in [1.807, 2.05) is 6.08 Å². The molecule has 0 aliphatic carbocycles. The summed E-state index contributed by atoms with van der Waals surface area (Å²) in [5.74, 6) is 2.64. The lowest BCUT2D eigenvalue weighted by Crippen LogP contribution is -2.06. The van der Waals surface area contributed by atoms with Crippen molar-refractivity contribution in [2.45, 2.75) is 59.8 Å². The molecule has 84 valence electrons. The highest BCUT2D eigenvalue weighted by atomic mass is 14.2. The van der Waals surface area contributed by atoms with Crippen molar-refractivity contribution in [3.05, 3.63) is 12.7 Å². The van der Waals surface area contributed by atoms with E-state index in [1.165, 1.54) is 32.1 Å². The Morgan fingerprint density at radius 3 is 2.14 bits per heavy atom. The second kappa shape index (κ2) is 8.08. The van der Waals surface area contributed by atoms with E-state index in [4.69, 9.17) is 0 Å². The van der Waals surface area contributed by atoms with E-state index in [0.717, 1.165) is 17.8 Å². The van der Waals surface area contributed by atoms with Crippen LogP contribution in [0.3, 0.4) is 0 Å².